The summed E-state index contributed by atoms with van der Waals surface area (Å²) in [6.45, 7) is 7.50. The topological polar surface area (TPSA) is 47.6 Å². The zero-order chi connectivity index (χ0) is 14.4. The van der Waals surface area contributed by atoms with Crippen LogP contribution in [0.1, 0.15) is 30.1 Å². The Morgan fingerprint density at radius 1 is 1.55 bits per heavy atom. The molecule has 0 spiro atoms. The zero-order valence-corrected chi connectivity index (χ0v) is 11.9. The molecular weight excluding hydrogens is 254 g/mol. The average molecular weight is 275 g/mol. The van der Waals surface area contributed by atoms with Crippen LogP contribution in [-0.4, -0.2) is 31.8 Å². The van der Waals surface area contributed by atoms with Crippen LogP contribution in [-0.2, 0) is 4.74 Å². The molecule has 1 amide bonds. The molecule has 0 bridgehead atoms. The fourth-order valence-electron chi connectivity index (χ4n) is 2.05. The molecule has 4 heteroatoms. The lowest BCUT2D eigenvalue weighted by molar-refractivity contribution is 0.0857. The summed E-state index contributed by atoms with van der Waals surface area (Å²) >= 11 is 0. The Morgan fingerprint density at radius 3 is 3.10 bits per heavy atom. The molecule has 1 saturated heterocycles. The van der Waals surface area contributed by atoms with Crippen LogP contribution >= 0.6 is 0 Å². The van der Waals surface area contributed by atoms with Crippen LogP contribution in [0.3, 0.4) is 0 Å². The lowest BCUT2D eigenvalue weighted by Gasteiger charge is -2.11. The number of nitrogens with one attached hydrogen (secondary N) is 1. The van der Waals surface area contributed by atoms with Crippen LogP contribution in [0.2, 0.25) is 0 Å². The summed E-state index contributed by atoms with van der Waals surface area (Å²) in [7, 11) is 0. The van der Waals surface area contributed by atoms with Crippen molar-refractivity contribution in [1.82, 2.24) is 5.32 Å². The van der Waals surface area contributed by atoms with Gasteiger partial charge in [0.25, 0.3) is 5.91 Å². The van der Waals surface area contributed by atoms with E-state index < -0.39 is 0 Å². The van der Waals surface area contributed by atoms with E-state index in [9.17, 15) is 4.79 Å². The number of benzene rings is 1. The lowest BCUT2D eigenvalue weighted by Crippen LogP contribution is -2.31. The quantitative estimate of drug-likeness (QED) is 0.812. The number of carbonyl (C=O) groups is 1. The Balaban J connectivity index is 1.88. The molecule has 1 N–H and O–H groups in total. The van der Waals surface area contributed by atoms with Crippen molar-refractivity contribution in [3.8, 4) is 5.75 Å². The van der Waals surface area contributed by atoms with Crippen molar-refractivity contribution >= 4 is 5.91 Å². The van der Waals surface area contributed by atoms with E-state index in [1.54, 1.807) is 12.1 Å². The Bertz CT molecular complexity index is 478. The lowest BCUT2D eigenvalue weighted by atomic mass is 10.2. The third-order valence-corrected chi connectivity index (χ3v) is 3.10. The van der Waals surface area contributed by atoms with Crippen LogP contribution in [0.5, 0.6) is 5.75 Å². The fraction of sp³-hybridized carbons (Fsp3) is 0.438. The second kappa shape index (κ2) is 7.10. The highest BCUT2D eigenvalue weighted by Gasteiger charge is 2.16. The summed E-state index contributed by atoms with van der Waals surface area (Å²) in [5.41, 5.74) is 1.54. The first-order valence-corrected chi connectivity index (χ1v) is 6.92. The smallest absolute Gasteiger partial charge is 0.251 e. The Kier molecular flexibility index (Phi) is 5.18. The molecule has 1 aromatic rings. The third-order valence-electron chi connectivity index (χ3n) is 3.10. The number of carbonyl (C=O) groups excluding carboxylic acids is 1. The molecule has 4 nitrogen and oxygen atoms in total. The molecule has 1 fully saturated rings. The van der Waals surface area contributed by atoms with Gasteiger partial charge in [0.15, 0.2) is 0 Å². The maximum absolute atomic E-state index is 12.1. The molecule has 1 heterocycles. The van der Waals surface area contributed by atoms with Gasteiger partial charge in [-0.05, 0) is 43.5 Å². The number of ether oxygens (including phenoxy) is 2. The second-order valence-electron chi connectivity index (χ2n) is 5.12. The van der Waals surface area contributed by atoms with Gasteiger partial charge in [0.2, 0.25) is 0 Å². The minimum Gasteiger partial charge on any atom is -0.489 e. The molecule has 0 aliphatic carbocycles. The predicted octanol–water partition coefficient (Wildman–Crippen LogP) is 2.55. The van der Waals surface area contributed by atoms with Crippen LogP contribution in [0.25, 0.3) is 0 Å². The Morgan fingerprint density at radius 2 is 2.40 bits per heavy atom. The summed E-state index contributed by atoms with van der Waals surface area (Å²) in [5.74, 6) is 0.582. The summed E-state index contributed by atoms with van der Waals surface area (Å²) < 4.78 is 11.0. The highest BCUT2D eigenvalue weighted by atomic mass is 16.5. The van der Waals surface area contributed by atoms with Crippen LogP contribution in [0.15, 0.2) is 36.4 Å². The minimum atomic E-state index is -0.0960. The summed E-state index contributed by atoms with van der Waals surface area (Å²) in [5, 5.41) is 2.90. The number of rotatable bonds is 6. The van der Waals surface area contributed by atoms with E-state index in [0.717, 1.165) is 25.0 Å². The van der Waals surface area contributed by atoms with Crippen LogP contribution in [0, 0.1) is 0 Å². The molecule has 108 valence electrons. The van der Waals surface area contributed by atoms with E-state index in [1.165, 1.54) is 0 Å². The van der Waals surface area contributed by atoms with E-state index >= 15 is 0 Å². The molecule has 2 rings (SSSR count). The molecule has 1 aromatic carbocycles. The highest BCUT2D eigenvalue weighted by molar-refractivity contribution is 5.94. The second-order valence-corrected chi connectivity index (χ2v) is 5.12. The van der Waals surface area contributed by atoms with Gasteiger partial charge in [-0.15, -0.1) is 0 Å². The SMILES string of the molecule is C=C(C)COc1cccc(C(=O)NCC2CCCO2)c1. The normalized spacial score (nSPS) is 17.8. The van der Waals surface area contributed by atoms with Gasteiger partial charge in [0, 0.05) is 18.7 Å². The van der Waals surface area contributed by atoms with Gasteiger partial charge < -0.3 is 14.8 Å². The van der Waals surface area contributed by atoms with Gasteiger partial charge in [0.05, 0.1) is 6.10 Å². The van der Waals surface area contributed by atoms with Crippen LogP contribution in [0.4, 0.5) is 0 Å². The van der Waals surface area contributed by atoms with Crippen molar-refractivity contribution in [1.29, 1.82) is 0 Å². The largest absolute Gasteiger partial charge is 0.489 e. The number of amides is 1. The Hall–Kier alpha value is -1.81. The minimum absolute atomic E-state index is 0.0960. The van der Waals surface area contributed by atoms with Gasteiger partial charge >= 0.3 is 0 Å². The third kappa shape index (κ3) is 4.38. The molecule has 1 aliphatic rings. The van der Waals surface area contributed by atoms with Gasteiger partial charge in [-0.25, -0.2) is 0 Å². The van der Waals surface area contributed by atoms with E-state index in [0.29, 0.717) is 24.5 Å². The maximum Gasteiger partial charge on any atom is 0.251 e. The maximum atomic E-state index is 12.1. The van der Waals surface area contributed by atoms with Gasteiger partial charge in [-0.1, -0.05) is 12.6 Å². The standard InChI is InChI=1S/C16H21NO3/c1-12(2)11-20-14-6-3-5-13(9-14)16(18)17-10-15-7-4-8-19-15/h3,5-6,9,15H,1,4,7-8,10-11H2,2H3,(H,17,18). The first-order valence-electron chi connectivity index (χ1n) is 6.92. The van der Waals surface area contributed by atoms with E-state index in [1.807, 2.05) is 19.1 Å². The van der Waals surface area contributed by atoms with Crippen molar-refractivity contribution in [2.24, 2.45) is 0 Å². The number of hydrogen-bond acceptors (Lipinski definition) is 3. The first kappa shape index (κ1) is 14.6. The van der Waals surface area contributed by atoms with E-state index in [4.69, 9.17) is 9.47 Å². The monoisotopic (exact) mass is 275 g/mol. The fourth-order valence-corrected chi connectivity index (χ4v) is 2.05. The summed E-state index contributed by atoms with van der Waals surface area (Å²) in [6, 6.07) is 7.17. The van der Waals surface area contributed by atoms with Crippen molar-refractivity contribution in [2.75, 3.05) is 19.8 Å². The molecule has 0 radical (unpaired) electrons. The van der Waals surface area contributed by atoms with E-state index in [2.05, 4.69) is 11.9 Å². The van der Waals surface area contributed by atoms with Gasteiger partial charge in [-0.3, -0.25) is 4.79 Å². The van der Waals surface area contributed by atoms with Crippen molar-refractivity contribution in [3.05, 3.63) is 42.0 Å². The summed E-state index contributed by atoms with van der Waals surface area (Å²) in [4.78, 5) is 12.1. The molecule has 1 atom stereocenters. The van der Waals surface area contributed by atoms with Gasteiger partial charge in [0.1, 0.15) is 12.4 Å². The predicted molar refractivity (Wildman–Crippen MR) is 78.1 cm³/mol. The van der Waals surface area contributed by atoms with Crippen molar-refractivity contribution in [2.45, 2.75) is 25.9 Å². The molecule has 1 aliphatic heterocycles. The van der Waals surface area contributed by atoms with Crippen molar-refractivity contribution in [3.63, 3.8) is 0 Å². The first-order chi connectivity index (χ1) is 9.65. The highest BCUT2D eigenvalue weighted by Crippen LogP contribution is 2.15. The molecule has 0 saturated carbocycles. The molecule has 0 aromatic heterocycles. The Labute approximate surface area is 119 Å². The zero-order valence-electron chi connectivity index (χ0n) is 11.9. The van der Waals surface area contributed by atoms with Gasteiger partial charge in [-0.2, -0.15) is 0 Å². The number of hydrogen-bond donors (Lipinski definition) is 1. The van der Waals surface area contributed by atoms with Crippen molar-refractivity contribution < 1.29 is 14.3 Å². The van der Waals surface area contributed by atoms with Crippen LogP contribution < -0.4 is 10.1 Å². The summed E-state index contributed by atoms with van der Waals surface area (Å²) in [6.07, 6.45) is 2.24. The average Bonchev–Trinajstić information content (AvgIpc) is 2.96. The molecule has 20 heavy (non-hydrogen) atoms. The molecule has 1 unspecified atom stereocenters. The molecular formula is C16H21NO3. The van der Waals surface area contributed by atoms with E-state index in [-0.39, 0.29) is 12.0 Å².